The summed E-state index contributed by atoms with van der Waals surface area (Å²) in [6.07, 6.45) is 11.6. The second kappa shape index (κ2) is 16.7. The molecule has 3 atom stereocenters. The number of aliphatic carboxylic acids is 2. The molecule has 42 heavy (non-hydrogen) atoms. The van der Waals surface area contributed by atoms with Crippen LogP contribution in [0.25, 0.3) is 0 Å². The summed E-state index contributed by atoms with van der Waals surface area (Å²) in [6, 6.07) is 21.1. The molecular formula is C34H47N3O5. The van der Waals surface area contributed by atoms with E-state index in [4.69, 9.17) is 10.2 Å². The summed E-state index contributed by atoms with van der Waals surface area (Å²) >= 11 is 0. The Balaban J connectivity index is 0.000000531. The van der Waals surface area contributed by atoms with E-state index in [9.17, 15) is 14.4 Å². The van der Waals surface area contributed by atoms with Crippen molar-refractivity contribution in [2.24, 2.45) is 0 Å². The van der Waals surface area contributed by atoms with Crippen molar-refractivity contribution in [3.05, 3.63) is 72.3 Å². The first kappa shape index (κ1) is 32.9. The lowest BCUT2D eigenvalue weighted by molar-refractivity contribution is -0.134. The van der Waals surface area contributed by atoms with Crippen LogP contribution in [0.3, 0.4) is 0 Å². The van der Waals surface area contributed by atoms with Crippen LogP contribution in [0, 0.1) is 0 Å². The first-order chi connectivity index (χ1) is 20.3. The predicted molar refractivity (Wildman–Crippen MR) is 167 cm³/mol. The molecule has 2 saturated heterocycles. The van der Waals surface area contributed by atoms with Gasteiger partial charge in [0.05, 0.1) is 0 Å². The highest BCUT2D eigenvalue weighted by molar-refractivity contribution is 5.94. The largest absolute Gasteiger partial charge is 0.478 e. The van der Waals surface area contributed by atoms with Crippen molar-refractivity contribution < 1.29 is 24.6 Å². The highest BCUT2D eigenvalue weighted by Gasteiger charge is 2.42. The lowest BCUT2D eigenvalue weighted by atomic mass is 9.94. The number of nitrogens with zero attached hydrogens (tertiary/aromatic N) is 3. The van der Waals surface area contributed by atoms with Gasteiger partial charge in [-0.05, 0) is 88.9 Å². The van der Waals surface area contributed by atoms with Crippen molar-refractivity contribution in [1.29, 1.82) is 0 Å². The van der Waals surface area contributed by atoms with Crippen molar-refractivity contribution in [3.8, 4) is 0 Å². The summed E-state index contributed by atoms with van der Waals surface area (Å²) in [7, 11) is 0. The topological polar surface area (TPSA) is 101 Å². The van der Waals surface area contributed by atoms with Crippen LogP contribution in [0.2, 0.25) is 0 Å². The smallest absolute Gasteiger partial charge is 0.328 e. The molecule has 0 aliphatic carbocycles. The number of carbonyl (C=O) groups is 3. The Kier molecular flexibility index (Phi) is 13.1. The van der Waals surface area contributed by atoms with Gasteiger partial charge in [0.15, 0.2) is 0 Å². The number of fused-ring (bicyclic) bond motifs is 2. The van der Waals surface area contributed by atoms with Gasteiger partial charge in [-0.1, -0.05) is 44.4 Å². The van der Waals surface area contributed by atoms with E-state index >= 15 is 0 Å². The molecule has 2 aliphatic heterocycles. The minimum Gasteiger partial charge on any atom is -0.478 e. The summed E-state index contributed by atoms with van der Waals surface area (Å²) < 4.78 is 0. The summed E-state index contributed by atoms with van der Waals surface area (Å²) in [5.74, 6) is -2.39. The van der Waals surface area contributed by atoms with Gasteiger partial charge in [0.2, 0.25) is 0 Å². The van der Waals surface area contributed by atoms with Crippen molar-refractivity contribution in [3.63, 3.8) is 0 Å². The van der Waals surface area contributed by atoms with E-state index in [1.54, 1.807) is 0 Å². The fourth-order valence-corrected chi connectivity index (χ4v) is 6.30. The number of unbranched alkanes of at least 4 members (excludes halogenated alkanes) is 3. The molecule has 8 heteroatoms. The van der Waals surface area contributed by atoms with Crippen LogP contribution in [0.15, 0.2) is 66.7 Å². The molecule has 2 aromatic rings. The van der Waals surface area contributed by atoms with E-state index in [-0.39, 0.29) is 5.91 Å². The molecule has 2 heterocycles. The Labute approximate surface area is 250 Å². The fraction of sp³-hybridized carbons (Fsp3) is 0.500. The Bertz CT molecular complexity index is 1130. The fourth-order valence-electron chi connectivity index (χ4n) is 6.30. The van der Waals surface area contributed by atoms with E-state index in [0.717, 1.165) is 18.7 Å². The minimum absolute atomic E-state index is 0.122. The first-order valence-corrected chi connectivity index (χ1v) is 15.4. The lowest BCUT2D eigenvalue weighted by Gasteiger charge is -2.44. The van der Waals surface area contributed by atoms with Crippen LogP contribution in [-0.2, 0) is 9.59 Å². The van der Waals surface area contributed by atoms with E-state index in [1.807, 2.05) is 30.9 Å². The van der Waals surface area contributed by atoms with Gasteiger partial charge in [0, 0.05) is 60.3 Å². The van der Waals surface area contributed by atoms with Gasteiger partial charge in [0.25, 0.3) is 5.91 Å². The van der Waals surface area contributed by atoms with Crippen LogP contribution in [-0.4, -0.2) is 75.6 Å². The predicted octanol–water partition coefficient (Wildman–Crippen LogP) is 6.59. The molecule has 0 saturated carbocycles. The average Bonchev–Trinajstić information content (AvgIpc) is 3.22. The molecule has 2 aromatic carbocycles. The molecule has 1 amide bonds. The standard InChI is InChI=1S/C30H43N3O.C4H4O4/c1-4-7-8-12-21-32-27-19-20-28(32)23-29(22-27)33(25-13-10-9-11-14-25)26-17-15-24(16-18-26)30(34)31(5-2)6-3;5-3(6)1-2-4(7)8/h9-11,13-18,27-29H,4-8,12,19-23H2,1-3H3;1-2H,(H,5,6)(H,7,8)/b;2-1+/t27-,28+,29-;. The van der Waals surface area contributed by atoms with Gasteiger partial charge in [-0.15, -0.1) is 0 Å². The zero-order valence-electron chi connectivity index (χ0n) is 25.3. The number of hydrogen-bond acceptors (Lipinski definition) is 5. The molecule has 0 spiro atoms. The molecule has 0 unspecified atom stereocenters. The van der Waals surface area contributed by atoms with Gasteiger partial charge < -0.3 is 20.0 Å². The number of anilines is 2. The molecule has 0 radical (unpaired) electrons. The number of piperidine rings is 1. The number of carbonyl (C=O) groups excluding carboxylic acids is 1. The molecular weight excluding hydrogens is 530 g/mol. The Morgan fingerprint density at radius 1 is 0.786 bits per heavy atom. The van der Waals surface area contributed by atoms with Crippen LogP contribution in [0.1, 0.15) is 82.5 Å². The third-order valence-electron chi connectivity index (χ3n) is 8.34. The SMILES string of the molecule is CCCCCCN1[C@@H]2CC[C@H]1C[C@H](N(c1ccccc1)c1ccc(C(=O)N(CC)CC)cc1)C2.O=C(O)/C=C/C(=O)O. The van der Waals surface area contributed by atoms with Crippen molar-refractivity contribution in [2.75, 3.05) is 24.5 Å². The maximum absolute atomic E-state index is 12.8. The normalized spacial score (nSPS) is 19.6. The van der Waals surface area contributed by atoms with Gasteiger partial charge in [-0.3, -0.25) is 9.69 Å². The molecule has 8 nitrogen and oxygen atoms in total. The summed E-state index contributed by atoms with van der Waals surface area (Å²) in [4.78, 5) is 39.2. The van der Waals surface area contributed by atoms with Crippen LogP contribution in [0.4, 0.5) is 11.4 Å². The number of para-hydroxylation sites is 1. The van der Waals surface area contributed by atoms with Crippen LogP contribution in [0.5, 0.6) is 0 Å². The maximum Gasteiger partial charge on any atom is 0.328 e. The second-order valence-electron chi connectivity index (χ2n) is 11.0. The van der Waals surface area contributed by atoms with E-state index in [1.165, 1.54) is 69.3 Å². The van der Waals surface area contributed by atoms with Crippen LogP contribution >= 0.6 is 0 Å². The number of carboxylic acid groups (broad SMARTS) is 2. The third kappa shape index (κ3) is 9.18. The zero-order chi connectivity index (χ0) is 30.5. The van der Waals surface area contributed by atoms with Crippen LogP contribution < -0.4 is 4.90 Å². The number of hydrogen-bond donors (Lipinski definition) is 2. The van der Waals surface area contributed by atoms with Crippen molar-refractivity contribution >= 4 is 29.2 Å². The van der Waals surface area contributed by atoms with E-state index in [2.05, 4.69) is 59.2 Å². The quantitative estimate of drug-likeness (QED) is 0.204. The van der Waals surface area contributed by atoms with Gasteiger partial charge in [0.1, 0.15) is 0 Å². The second-order valence-corrected chi connectivity index (χ2v) is 11.0. The molecule has 2 fully saturated rings. The van der Waals surface area contributed by atoms with Crippen molar-refractivity contribution in [1.82, 2.24) is 9.80 Å². The Morgan fingerprint density at radius 2 is 1.33 bits per heavy atom. The maximum atomic E-state index is 12.8. The molecule has 2 bridgehead atoms. The number of amides is 1. The summed E-state index contributed by atoms with van der Waals surface area (Å²) in [5, 5.41) is 15.6. The number of rotatable bonds is 13. The minimum atomic E-state index is -1.26. The molecule has 4 rings (SSSR count). The number of carboxylic acids is 2. The third-order valence-corrected chi connectivity index (χ3v) is 8.34. The van der Waals surface area contributed by atoms with Crippen molar-refractivity contribution in [2.45, 2.75) is 90.3 Å². The number of benzene rings is 2. The van der Waals surface area contributed by atoms with E-state index < -0.39 is 11.9 Å². The summed E-state index contributed by atoms with van der Waals surface area (Å²) in [6.45, 7) is 9.13. The Hall–Kier alpha value is -3.65. The van der Waals surface area contributed by atoms with E-state index in [0.29, 0.717) is 30.3 Å². The first-order valence-electron chi connectivity index (χ1n) is 15.4. The highest BCUT2D eigenvalue weighted by Crippen LogP contribution is 2.41. The monoisotopic (exact) mass is 577 g/mol. The lowest BCUT2D eigenvalue weighted by Crippen LogP contribution is -2.49. The zero-order valence-corrected chi connectivity index (χ0v) is 25.3. The molecule has 228 valence electrons. The molecule has 0 aromatic heterocycles. The molecule has 2 aliphatic rings. The van der Waals surface area contributed by atoms with Gasteiger partial charge in [-0.2, -0.15) is 0 Å². The summed E-state index contributed by atoms with van der Waals surface area (Å²) in [5.41, 5.74) is 3.23. The highest BCUT2D eigenvalue weighted by atomic mass is 16.4. The molecule has 2 N–H and O–H groups in total. The van der Waals surface area contributed by atoms with Gasteiger partial charge in [-0.25, -0.2) is 9.59 Å². The average molecular weight is 578 g/mol. The Morgan fingerprint density at radius 3 is 1.83 bits per heavy atom. The van der Waals surface area contributed by atoms with Gasteiger partial charge >= 0.3 is 11.9 Å².